The predicted octanol–water partition coefficient (Wildman–Crippen LogP) is 4.55. The number of hydrogen-bond acceptors (Lipinski definition) is 1. The Morgan fingerprint density at radius 2 is 1.52 bits per heavy atom. The zero-order valence-corrected chi connectivity index (χ0v) is 13.3. The summed E-state index contributed by atoms with van der Waals surface area (Å²) < 4.78 is 6.58. The third kappa shape index (κ3) is 3.43. The van der Waals surface area contributed by atoms with Gasteiger partial charge >= 0.3 is 0 Å². The van der Waals surface area contributed by atoms with E-state index < -0.39 is 8.15 Å². The first-order valence-electron chi connectivity index (χ1n) is 7.60. The highest BCUT2D eigenvalue weighted by Crippen LogP contribution is 2.41. The Labute approximate surface area is 128 Å². The third-order valence-corrected chi connectivity index (χ3v) is 5.93. The van der Waals surface area contributed by atoms with Gasteiger partial charge in [0.25, 0.3) is 0 Å². The van der Waals surface area contributed by atoms with Gasteiger partial charge in [-0.25, -0.2) is 0 Å². The molecule has 1 atom stereocenters. The Morgan fingerprint density at radius 1 is 0.952 bits per heavy atom. The van der Waals surface area contributed by atoms with Crippen LogP contribution in [0.25, 0.3) is 0 Å². The summed E-state index contributed by atoms with van der Waals surface area (Å²) >= 11 is 0. The molecule has 0 aromatic heterocycles. The van der Waals surface area contributed by atoms with Crippen LogP contribution >= 0.6 is 8.15 Å². The topological polar surface area (TPSA) is 9.23 Å². The molecule has 1 aliphatic rings. The molecule has 0 bridgehead atoms. The minimum atomic E-state index is -0.735. The van der Waals surface area contributed by atoms with Gasteiger partial charge in [0.05, 0.1) is 14.3 Å². The van der Waals surface area contributed by atoms with Gasteiger partial charge < -0.3 is 4.52 Å². The smallest absolute Gasteiger partial charge is 0.0926 e. The average Bonchev–Trinajstić information content (AvgIpc) is 3.01. The highest BCUT2D eigenvalue weighted by atomic mass is 31.1. The molecule has 1 aliphatic carbocycles. The van der Waals surface area contributed by atoms with Gasteiger partial charge in [-0.05, 0) is 31.8 Å². The second-order valence-electron chi connectivity index (χ2n) is 5.32. The lowest BCUT2D eigenvalue weighted by atomic mass is 10.2. The molecule has 1 saturated carbocycles. The summed E-state index contributed by atoms with van der Waals surface area (Å²) in [5, 5.41) is 2.59. The van der Waals surface area contributed by atoms with Gasteiger partial charge in [-0.3, -0.25) is 0 Å². The molecule has 108 valence electrons. The zero-order chi connectivity index (χ0) is 14.5. The predicted molar refractivity (Wildman–Crippen MR) is 91.6 cm³/mol. The summed E-state index contributed by atoms with van der Waals surface area (Å²) in [4.78, 5) is 0. The highest BCUT2D eigenvalue weighted by Gasteiger charge is 2.26. The first-order valence-corrected chi connectivity index (χ1v) is 8.86. The molecule has 21 heavy (non-hydrogen) atoms. The van der Waals surface area contributed by atoms with Crippen LogP contribution in [0.2, 0.25) is 0 Å². The molecule has 3 rings (SSSR count). The van der Waals surface area contributed by atoms with Crippen molar-refractivity contribution >= 4 is 18.8 Å². The summed E-state index contributed by atoms with van der Waals surface area (Å²) in [6.07, 6.45) is 6.12. The average molecular weight is 296 g/mol. The van der Waals surface area contributed by atoms with Crippen LogP contribution < -0.4 is 10.6 Å². The molecule has 1 nitrogen and oxygen atoms in total. The van der Waals surface area contributed by atoms with E-state index in [9.17, 15) is 0 Å². The third-order valence-electron chi connectivity index (χ3n) is 3.93. The van der Waals surface area contributed by atoms with Gasteiger partial charge in [-0.15, -0.1) is 0 Å². The van der Waals surface area contributed by atoms with E-state index in [0.29, 0.717) is 6.10 Å². The van der Waals surface area contributed by atoms with Crippen molar-refractivity contribution in [2.24, 2.45) is 0 Å². The van der Waals surface area contributed by atoms with E-state index in [1.165, 1.54) is 29.0 Å². The minimum absolute atomic E-state index is 0.293. The van der Waals surface area contributed by atoms with E-state index in [1.807, 2.05) is 0 Å². The molecule has 2 aromatic rings. The fraction of sp³-hybridized carbons (Fsp3) is 0.263. The maximum Gasteiger partial charge on any atom is 0.0926 e. The van der Waals surface area contributed by atoms with Crippen LogP contribution in [0.4, 0.5) is 0 Å². The van der Waals surface area contributed by atoms with Crippen molar-refractivity contribution in [2.75, 3.05) is 0 Å². The Morgan fingerprint density at radius 3 is 2.05 bits per heavy atom. The van der Waals surface area contributed by atoms with Crippen molar-refractivity contribution in [3.63, 3.8) is 0 Å². The van der Waals surface area contributed by atoms with Gasteiger partial charge in [0.1, 0.15) is 0 Å². The van der Waals surface area contributed by atoms with Crippen LogP contribution in [0.5, 0.6) is 0 Å². The maximum atomic E-state index is 6.58. The highest BCUT2D eigenvalue weighted by molar-refractivity contribution is 7.68. The van der Waals surface area contributed by atoms with Crippen LogP contribution in [-0.2, 0) is 4.52 Å². The van der Waals surface area contributed by atoms with Gasteiger partial charge in [-0.2, -0.15) is 0 Å². The molecule has 0 radical (unpaired) electrons. The van der Waals surface area contributed by atoms with Crippen molar-refractivity contribution in [1.82, 2.24) is 0 Å². The first-order chi connectivity index (χ1) is 10.4. The standard InChI is InChI=1S/C19H21OP/c1-2-16-10-9-15-19(16)20-21(17-11-5-3-6-12-17)18-13-7-4-8-14-18/h2-8,11-14,19H,9-10,15H2,1H3. The van der Waals surface area contributed by atoms with E-state index in [-0.39, 0.29) is 0 Å². The van der Waals surface area contributed by atoms with Crippen LogP contribution in [0, 0.1) is 0 Å². The van der Waals surface area contributed by atoms with Crippen molar-refractivity contribution < 1.29 is 4.52 Å². The van der Waals surface area contributed by atoms with Gasteiger partial charge in [0.2, 0.25) is 0 Å². The van der Waals surface area contributed by atoms with E-state index in [1.54, 1.807) is 0 Å². The van der Waals surface area contributed by atoms with Crippen molar-refractivity contribution in [2.45, 2.75) is 32.3 Å². The molecule has 1 unspecified atom stereocenters. The fourth-order valence-corrected chi connectivity index (χ4v) is 4.74. The zero-order valence-electron chi connectivity index (χ0n) is 12.4. The first kappa shape index (κ1) is 14.5. The molecule has 0 spiro atoms. The monoisotopic (exact) mass is 296 g/mol. The number of benzene rings is 2. The molecule has 0 N–H and O–H groups in total. The number of rotatable bonds is 4. The van der Waals surface area contributed by atoms with Crippen LogP contribution in [0.3, 0.4) is 0 Å². The van der Waals surface area contributed by atoms with Gasteiger partial charge in [0.15, 0.2) is 0 Å². The quantitative estimate of drug-likeness (QED) is 0.594. The normalized spacial score (nSPS) is 20.3. The Hall–Kier alpha value is -1.43. The molecule has 0 aliphatic heterocycles. The lowest BCUT2D eigenvalue weighted by molar-refractivity contribution is 0.279. The molecular formula is C19H21OP. The Kier molecular flexibility index (Phi) is 4.85. The second kappa shape index (κ2) is 7.02. The van der Waals surface area contributed by atoms with E-state index >= 15 is 0 Å². The number of allylic oxidation sites excluding steroid dienone is 1. The van der Waals surface area contributed by atoms with Gasteiger partial charge in [-0.1, -0.05) is 66.7 Å². The Bertz CT molecular complexity index is 552. The summed E-state index contributed by atoms with van der Waals surface area (Å²) in [6.45, 7) is 2.13. The lowest BCUT2D eigenvalue weighted by Gasteiger charge is -2.23. The van der Waals surface area contributed by atoms with Gasteiger partial charge in [0, 0.05) is 10.6 Å². The minimum Gasteiger partial charge on any atom is -0.342 e. The SMILES string of the molecule is CC=C1CCCC1OP(c1ccccc1)c1ccccc1. The van der Waals surface area contributed by atoms with Crippen LogP contribution in [-0.4, -0.2) is 6.10 Å². The summed E-state index contributed by atoms with van der Waals surface area (Å²) in [6, 6.07) is 21.3. The molecule has 0 saturated heterocycles. The van der Waals surface area contributed by atoms with Crippen molar-refractivity contribution in [3.05, 3.63) is 72.3 Å². The summed E-state index contributed by atoms with van der Waals surface area (Å²) in [5.74, 6) is 0. The van der Waals surface area contributed by atoms with Crippen LogP contribution in [0.15, 0.2) is 72.3 Å². The summed E-state index contributed by atoms with van der Waals surface area (Å²) in [7, 11) is -0.735. The second-order valence-corrected chi connectivity index (χ2v) is 7.15. The van der Waals surface area contributed by atoms with E-state index in [4.69, 9.17) is 4.52 Å². The fourth-order valence-electron chi connectivity index (χ4n) is 2.81. The molecule has 0 amide bonds. The maximum absolute atomic E-state index is 6.58. The molecule has 0 heterocycles. The van der Waals surface area contributed by atoms with Crippen LogP contribution in [0.1, 0.15) is 26.2 Å². The lowest BCUT2D eigenvalue weighted by Crippen LogP contribution is -2.18. The molecular weight excluding hydrogens is 275 g/mol. The number of hydrogen-bond donors (Lipinski definition) is 0. The largest absolute Gasteiger partial charge is 0.342 e. The van der Waals surface area contributed by atoms with E-state index in [2.05, 4.69) is 73.7 Å². The Balaban J connectivity index is 1.90. The van der Waals surface area contributed by atoms with E-state index in [0.717, 1.165) is 6.42 Å². The molecule has 2 aromatic carbocycles. The summed E-state index contributed by atoms with van der Waals surface area (Å²) in [5.41, 5.74) is 1.47. The molecule has 2 heteroatoms. The molecule has 1 fully saturated rings. The van der Waals surface area contributed by atoms with Crippen molar-refractivity contribution in [1.29, 1.82) is 0 Å². The van der Waals surface area contributed by atoms with Crippen molar-refractivity contribution in [3.8, 4) is 0 Å².